The lowest BCUT2D eigenvalue weighted by atomic mass is 9.95. The third kappa shape index (κ3) is 3.69. The third-order valence-electron chi connectivity index (χ3n) is 7.09. The van der Waals surface area contributed by atoms with Gasteiger partial charge in [-0.2, -0.15) is 0 Å². The molecule has 1 amide bonds. The summed E-state index contributed by atoms with van der Waals surface area (Å²) in [6, 6.07) is 13.3. The maximum absolute atomic E-state index is 13.1. The summed E-state index contributed by atoms with van der Waals surface area (Å²) in [5.41, 5.74) is 3.97. The number of fused-ring (bicyclic) bond motifs is 3. The van der Waals surface area contributed by atoms with Gasteiger partial charge in [-0.1, -0.05) is 43.2 Å². The van der Waals surface area contributed by atoms with E-state index in [9.17, 15) is 9.59 Å². The fourth-order valence-corrected chi connectivity index (χ4v) is 5.35. The van der Waals surface area contributed by atoms with Gasteiger partial charge in [-0.05, 0) is 68.0 Å². The van der Waals surface area contributed by atoms with Gasteiger partial charge < -0.3 is 9.80 Å². The maximum Gasteiger partial charge on any atom is 0.253 e. The van der Waals surface area contributed by atoms with E-state index in [-0.39, 0.29) is 11.7 Å². The Bertz CT molecular complexity index is 951. The minimum Gasteiger partial charge on any atom is -0.339 e. The predicted molar refractivity (Wildman–Crippen MR) is 119 cm³/mol. The highest BCUT2D eigenvalue weighted by atomic mass is 16.2. The maximum atomic E-state index is 13.1. The standard InChI is InChI=1S/C26H30N2O2/c29-25-23-8-4-3-7-21(23)22-10-9-20(17-24(22)25)26(30)28-15-11-19(12-16-28)18-27-13-5-1-2-6-14-27/h3-4,7-10,17,19H,1-2,5-6,11-16,18H2. The molecule has 0 atom stereocenters. The second kappa shape index (κ2) is 8.35. The summed E-state index contributed by atoms with van der Waals surface area (Å²) in [5.74, 6) is 0.796. The Hall–Kier alpha value is -2.46. The van der Waals surface area contributed by atoms with Crippen molar-refractivity contribution in [2.24, 2.45) is 5.92 Å². The summed E-state index contributed by atoms with van der Waals surface area (Å²) in [7, 11) is 0. The average Bonchev–Trinajstić information content (AvgIpc) is 2.93. The number of hydrogen-bond acceptors (Lipinski definition) is 3. The van der Waals surface area contributed by atoms with Gasteiger partial charge >= 0.3 is 0 Å². The molecule has 0 spiro atoms. The Morgan fingerprint density at radius 2 is 1.47 bits per heavy atom. The number of nitrogens with zero attached hydrogens (tertiary/aromatic N) is 2. The monoisotopic (exact) mass is 402 g/mol. The number of likely N-dealkylation sites (tertiary alicyclic amines) is 2. The number of piperidine rings is 1. The first-order chi connectivity index (χ1) is 14.7. The van der Waals surface area contributed by atoms with Crippen LogP contribution >= 0.6 is 0 Å². The fourth-order valence-electron chi connectivity index (χ4n) is 5.35. The van der Waals surface area contributed by atoms with Gasteiger partial charge in [-0.25, -0.2) is 0 Å². The highest BCUT2D eigenvalue weighted by Crippen LogP contribution is 2.37. The summed E-state index contributed by atoms with van der Waals surface area (Å²) < 4.78 is 0. The molecule has 2 saturated heterocycles. The zero-order valence-electron chi connectivity index (χ0n) is 17.6. The van der Waals surface area contributed by atoms with Gasteiger partial charge in [0, 0.05) is 36.3 Å². The molecule has 4 heteroatoms. The predicted octanol–water partition coefficient (Wildman–Crippen LogP) is 4.63. The van der Waals surface area contributed by atoms with E-state index in [2.05, 4.69) is 4.90 Å². The topological polar surface area (TPSA) is 40.6 Å². The SMILES string of the molecule is O=C1c2ccccc2-c2ccc(C(=O)N3CCC(CN4CCCCCC4)CC3)cc21. The first kappa shape index (κ1) is 19.5. The summed E-state index contributed by atoms with van der Waals surface area (Å²) in [5, 5.41) is 0. The van der Waals surface area contributed by atoms with Crippen molar-refractivity contribution in [1.82, 2.24) is 9.80 Å². The Morgan fingerprint density at radius 3 is 2.20 bits per heavy atom. The van der Waals surface area contributed by atoms with Crippen molar-refractivity contribution in [3.05, 3.63) is 59.2 Å². The van der Waals surface area contributed by atoms with Gasteiger partial charge in [-0.15, -0.1) is 0 Å². The van der Waals surface area contributed by atoms with Gasteiger partial charge in [0.2, 0.25) is 0 Å². The second-order valence-electron chi connectivity index (χ2n) is 9.09. The number of amides is 1. The van der Waals surface area contributed by atoms with Crippen LogP contribution in [-0.2, 0) is 0 Å². The van der Waals surface area contributed by atoms with Crippen LogP contribution in [0.2, 0.25) is 0 Å². The van der Waals surface area contributed by atoms with E-state index in [4.69, 9.17) is 0 Å². The van der Waals surface area contributed by atoms with Crippen LogP contribution in [0.1, 0.15) is 64.8 Å². The highest BCUT2D eigenvalue weighted by molar-refractivity contribution is 6.22. The second-order valence-corrected chi connectivity index (χ2v) is 9.09. The van der Waals surface area contributed by atoms with Crippen molar-refractivity contribution in [1.29, 1.82) is 0 Å². The van der Waals surface area contributed by atoms with Crippen LogP contribution in [0, 0.1) is 5.92 Å². The largest absolute Gasteiger partial charge is 0.339 e. The molecular formula is C26H30N2O2. The summed E-state index contributed by atoms with van der Waals surface area (Å²) in [4.78, 5) is 30.5. The van der Waals surface area contributed by atoms with Crippen LogP contribution in [0.4, 0.5) is 0 Å². The molecule has 0 saturated carbocycles. The lowest BCUT2D eigenvalue weighted by Gasteiger charge is -2.34. The van der Waals surface area contributed by atoms with Crippen LogP contribution in [0.25, 0.3) is 11.1 Å². The molecule has 0 N–H and O–H groups in total. The first-order valence-electron chi connectivity index (χ1n) is 11.5. The van der Waals surface area contributed by atoms with E-state index in [0.29, 0.717) is 17.0 Å². The molecule has 30 heavy (non-hydrogen) atoms. The van der Waals surface area contributed by atoms with Crippen molar-refractivity contribution in [2.75, 3.05) is 32.7 Å². The first-order valence-corrected chi connectivity index (χ1v) is 11.5. The molecule has 0 radical (unpaired) electrons. The number of rotatable bonds is 3. The number of carbonyl (C=O) groups is 2. The van der Waals surface area contributed by atoms with Crippen molar-refractivity contribution in [2.45, 2.75) is 38.5 Å². The third-order valence-corrected chi connectivity index (χ3v) is 7.09. The number of benzene rings is 2. The highest BCUT2D eigenvalue weighted by Gasteiger charge is 2.29. The molecule has 2 aliphatic heterocycles. The Kier molecular flexibility index (Phi) is 5.43. The van der Waals surface area contributed by atoms with E-state index in [1.54, 1.807) is 0 Å². The van der Waals surface area contributed by atoms with Gasteiger partial charge in [0.1, 0.15) is 0 Å². The molecule has 0 bridgehead atoms. The molecule has 5 rings (SSSR count). The number of hydrogen-bond donors (Lipinski definition) is 0. The van der Waals surface area contributed by atoms with Gasteiger partial charge in [-0.3, -0.25) is 9.59 Å². The van der Waals surface area contributed by atoms with E-state index in [0.717, 1.165) is 42.6 Å². The van der Waals surface area contributed by atoms with Crippen LogP contribution in [0.15, 0.2) is 42.5 Å². The van der Waals surface area contributed by atoms with E-state index >= 15 is 0 Å². The summed E-state index contributed by atoms with van der Waals surface area (Å²) >= 11 is 0. The zero-order chi connectivity index (χ0) is 20.5. The smallest absolute Gasteiger partial charge is 0.253 e. The van der Waals surface area contributed by atoms with Crippen LogP contribution in [0.5, 0.6) is 0 Å². The summed E-state index contributed by atoms with van der Waals surface area (Å²) in [6.45, 7) is 5.31. The molecule has 156 valence electrons. The van der Waals surface area contributed by atoms with Crippen molar-refractivity contribution >= 4 is 11.7 Å². The molecule has 4 nitrogen and oxygen atoms in total. The van der Waals surface area contributed by atoms with E-state index in [1.807, 2.05) is 47.4 Å². The molecule has 2 aromatic carbocycles. The van der Waals surface area contributed by atoms with Gasteiger partial charge in [0.25, 0.3) is 5.91 Å². The Labute approximate surface area is 178 Å². The molecule has 0 unspecified atom stereocenters. The molecule has 0 aromatic heterocycles. The molecule has 2 aromatic rings. The minimum atomic E-state index is 0.0337. The molecule has 3 aliphatic rings. The molecule has 2 fully saturated rings. The Morgan fingerprint density at radius 1 is 0.800 bits per heavy atom. The fraction of sp³-hybridized carbons (Fsp3) is 0.462. The molecular weight excluding hydrogens is 372 g/mol. The van der Waals surface area contributed by atoms with Crippen molar-refractivity contribution < 1.29 is 9.59 Å². The number of carbonyl (C=O) groups excluding carboxylic acids is 2. The van der Waals surface area contributed by atoms with Crippen molar-refractivity contribution in [3.8, 4) is 11.1 Å². The van der Waals surface area contributed by atoms with Crippen molar-refractivity contribution in [3.63, 3.8) is 0 Å². The Balaban J connectivity index is 1.23. The lowest BCUT2D eigenvalue weighted by molar-refractivity contribution is 0.0668. The van der Waals surface area contributed by atoms with Crippen LogP contribution < -0.4 is 0 Å². The molecule has 2 heterocycles. The zero-order valence-corrected chi connectivity index (χ0v) is 17.6. The quantitative estimate of drug-likeness (QED) is 0.642. The molecule has 1 aliphatic carbocycles. The van der Waals surface area contributed by atoms with Crippen LogP contribution in [-0.4, -0.2) is 54.2 Å². The van der Waals surface area contributed by atoms with E-state index in [1.165, 1.54) is 45.3 Å². The lowest BCUT2D eigenvalue weighted by Crippen LogP contribution is -2.41. The normalized spacial score (nSPS) is 20.0. The minimum absolute atomic E-state index is 0.0337. The summed E-state index contributed by atoms with van der Waals surface area (Å²) in [6.07, 6.45) is 7.57. The van der Waals surface area contributed by atoms with Gasteiger partial charge in [0.15, 0.2) is 5.78 Å². The van der Waals surface area contributed by atoms with Gasteiger partial charge in [0.05, 0.1) is 0 Å². The van der Waals surface area contributed by atoms with Crippen LogP contribution in [0.3, 0.4) is 0 Å². The van der Waals surface area contributed by atoms with E-state index < -0.39 is 0 Å². The average molecular weight is 403 g/mol. The number of ketones is 1.